The lowest BCUT2D eigenvalue weighted by Crippen LogP contribution is -2.34. The lowest BCUT2D eigenvalue weighted by atomic mass is 10.1. The van der Waals surface area contributed by atoms with Crippen molar-refractivity contribution in [3.8, 4) is 11.1 Å². The predicted molar refractivity (Wildman–Crippen MR) is 85.9 cm³/mol. The largest absolute Gasteiger partial charge is 0.366 e. The van der Waals surface area contributed by atoms with E-state index >= 15 is 0 Å². The molecule has 1 heterocycles. The summed E-state index contributed by atoms with van der Waals surface area (Å²) in [5.74, 6) is -0.157. The first-order valence-corrected chi connectivity index (χ1v) is 7.65. The molecular formula is C17H22N2O3. The van der Waals surface area contributed by atoms with Gasteiger partial charge in [0.15, 0.2) is 5.69 Å². The van der Waals surface area contributed by atoms with Crippen molar-refractivity contribution in [1.29, 1.82) is 0 Å². The molecule has 0 saturated heterocycles. The molecule has 1 aromatic heterocycles. The van der Waals surface area contributed by atoms with Crippen molar-refractivity contribution in [3.05, 3.63) is 46.4 Å². The van der Waals surface area contributed by atoms with Gasteiger partial charge in [0.25, 0.3) is 5.91 Å². The van der Waals surface area contributed by atoms with Gasteiger partial charge in [0.2, 0.25) is 0 Å². The van der Waals surface area contributed by atoms with Crippen LogP contribution in [-0.2, 0) is 7.05 Å². The van der Waals surface area contributed by atoms with Crippen LogP contribution in [0.5, 0.6) is 0 Å². The highest BCUT2D eigenvalue weighted by atomic mass is 16.5. The lowest BCUT2D eigenvalue weighted by molar-refractivity contribution is 0.0733. The molecule has 1 aromatic carbocycles. The van der Waals surface area contributed by atoms with Crippen LogP contribution >= 0.6 is 0 Å². The lowest BCUT2D eigenvalue weighted by Gasteiger charge is -2.21. The molecule has 0 aliphatic carbocycles. The van der Waals surface area contributed by atoms with Crippen LogP contribution in [0.2, 0.25) is 0 Å². The summed E-state index contributed by atoms with van der Waals surface area (Å²) in [6.45, 7) is 5.39. The summed E-state index contributed by atoms with van der Waals surface area (Å²) in [5, 5.41) is 0. The molecule has 0 radical (unpaired) electrons. The molecule has 0 atom stereocenters. The third-order valence-corrected chi connectivity index (χ3v) is 3.51. The maximum absolute atomic E-state index is 12.9. The van der Waals surface area contributed by atoms with Crippen LogP contribution in [-0.4, -0.2) is 28.6 Å². The van der Waals surface area contributed by atoms with E-state index in [4.69, 9.17) is 4.52 Å². The minimum absolute atomic E-state index is 0.157. The van der Waals surface area contributed by atoms with Crippen LogP contribution in [0.1, 0.15) is 37.2 Å². The van der Waals surface area contributed by atoms with Crippen molar-refractivity contribution >= 4 is 5.91 Å². The van der Waals surface area contributed by atoms with E-state index in [1.165, 1.54) is 4.74 Å². The van der Waals surface area contributed by atoms with Gasteiger partial charge in [0.1, 0.15) is 5.56 Å². The Bertz CT molecular complexity index is 680. The number of carbonyl (C=O) groups excluding carboxylic acids is 1. The van der Waals surface area contributed by atoms with Gasteiger partial charge in [0, 0.05) is 20.1 Å². The van der Waals surface area contributed by atoms with Crippen LogP contribution in [0.25, 0.3) is 11.1 Å². The van der Waals surface area contributed by atoms with Crippen LogP contribution in [0.15, 0.2) is 39.6 Å². The van der Waals surface area contributed by atoms with Gasteiger partial charge in [-0.25, -0.2) is 9.53 Å². The van der Waals surface area contributed by atoms with Gasteiger partial charge >= 0.3 is 5.63 Å². The number of nitrogens with zero attached hydrogens (tertiary/aromatic N) is 2. The average molecular weight is 302 g/mol. The number of aromatic nitrogens is 1. The monoisotopic (exact) mass is 302 g/mol. The zero-order valence-corrected chi connectivity index (χ0v) is 13.3. The Kier molecular flexibility index (Phi) is 5.20. The second kappa shape index (κ2) is 7.11. The number of benzene rings is 1. The van der Waals surface area contributed by atoms with Gasteiger partial charge in [-0.3, -0.25) is 4.79 Å². The Morgan fingerprint density at radius 3 is 2.27 bits per heavy atom. The summed E-state index contributed by atoms with van der Waals surface area (Å²) in [6.07, 6.45) is 1.75. The van der Waals surface area contributed by atoms with E-state index in [0.717, 1.165) is 12.8 Å². The van der Waals surface area contributed by atoms with Crippen molar-refractivity contribution in [2.75, 3.05) is 13.1 Å². The molecule has 0 spiro atoms. The molecule has 118 valence electrons. The first-order valence-electron chi connectivity index (χ1n) is 7.65. The molecule has 5 heteroatoms. The highest BCUT2D eigenvalue weighted by Crippen LogP contribution is 2.22. The van der Waals surface area contributed by atoms with Gasteiger partial charge < -0.3 is 9.42 Å². The Morgan fingerprint density at radius 1 is 1.14 bits per heavy atom. The van der Waals surface area contributed by atoms with Gasteiger partial charge in [-0.1, -0.05) is 44.2 Å². The summed E-state index contributed by atoms with van der Waals surface area (Å²) < 4.78 is 6.42. The maximum Gasteiger partial charge on any atom is 0.366 e. The number of aryl methyl sites for hydroxylation is 1. The van der Waals surface area contributed by atoms with E-state index in [9.17, 15) is 9.59 Å². The van der Waals surface area contributed by atoms with Crippen molar-refractivity contribution in [2.24, 2.45) is 7.05 Å². The van der Waals surface area contributed by atoms with Gasteiger partial charge in [-0.2, -0.15) is 0 Å². The van der Waals surface area contributed by atoms with Crippen LogP contribution in [0.3, 0.4) is 0 Å². The fourth-order valence-electron chi connectivity index (χ4n) is 2.58. The van der Waals surface area contributed by atoms with Crippen LogP contribution in [0.4, 0.5) is 0 Å². The fraction of sp³-hybridized carbons (Fsp3) is 0.412. The Morgan fingerprint density at radius 2 is 1.73 bits per heavy atom. The molecule has 2 aromatic rings. The maximum atomic E-state index is 12.9. The highest BCUT2D eigenvalue weighted by Gasteiger charge is 2.26. The van der Waals surface area contributed by atoms with Crippen molar-refractivity contribution < 1.29 is 9.32 Å². The number of hydrogen-bond donors (Lipinski definition) is 0. The third kappa shape index (κ3) is 3.13. The van der Waals surface area contributed by atoms with Crippen molar-refractivity contribution in [1.82, 2.24) is 9.64 Å². The van der Waals surface area contributed by atoms with Crippen molar-refractivity contribution in [3.63, 3.8) is 0 Å². The number of amides is 1. The second-order valence-corrected chi connectivity index (χ2v) is 5.26. The Hall–Kier alpha value is -2.30. The van der Waals surface area contributed by atoms with E-state index in [1.54, 1.807) is 11.9 Å². The van der Waals surface area contributed by atoms with E-state index in [-0.39, 0.29) is 5.91 Å². The molecular weight excluding hydrogens is 280 g/mol. The quantitative estimate of drug-likeness (QED) is 0.824. The summed E-state index contributed by atoms with van der Waals surface area (Å²) in [6, 6.07) is 9.17. The van der Waals surface area contributed by atoms with E-state index in [1.807, 2.05) is 44.2 Å². The van der Waals surface area contributed by atoms with Gasteiger partial charge in [0.05, 0.1) is 0 Å². The highest BCUT2D eigenvalue weighted by molar-refractivity contribution is 5.99. The topological polar surface area (TPSA) is 55.5 Å². The van der Waals surface area contributed by atoms with E-state index in [2.05, 4.69) is 0 Å². The van der Waals surface area contributed by atoms with Gasteiger partial charge in [-0.05, 0) is 18.4 Å². The SMILES string of the molecule is CCCN(CCC)C(=O)c1c(-c2ccccc2)c(=O)on1C. The molecule has 0 unspecified atom stereocenters. The summed E-state index contributed by atoms with van der Waals surface area (Å²) >= 11 is 0. The van der Waals surface area contributed by atoms with Crippen LogP contribution < -0.4 is 5.63 Å². The third-order valence-electron chi connectivity index (χ3n) is 3.51. The first kappa shape index (κ1) is 16.1. The molecule has 0 fully saturated rings. The predicted octanol–water partition coefficient (Wildman–Crippen LogP) is 2.91. The minimum atomic E-state index is -0.481. The molecule has 1 amide bonds. The number of carbonyl (C=O) groups is 1. The minimum Gasteiger partial charge on any atom is -0.337 e. The smallest absolute Gasteiger partial charge is 0.337 e. The molecule has 0 saturated carbocycles. The molecule has 2 rings (SSSR count). The Balaban J connectivity index is 2.51. The zero-order chi connectivity index (χ0) is 16.1. The summed E-state index contributed by atoms with van der Waals surface area (Å²) in [4.78, 5) is 26.8. The van der Waals surface area contributed by atoms with E-state index < -0.39 is 5.63 Å². The standard InChI is InChI=1S/C17H22N2O3/c1-4-11-19(12-5-2)16(20)15-14(17(21)22-18(15)3)13-9-7-6-8-10-13/h6-10H,4-5,11-12H2,1-3H3. The van der Waals surface area contributed by atoms with E-state index in [0.29, 0.717) is 29.9 Å². The molecule has 0 aliphatic heterocycles. The molecule has 0 bridgehead atoms. The second-order valence-electron chi connectivity index (χ2n) is 5.26. The fourth-order valence-corrected chi connectivity index (χ4v) is 2.58. The Labute approximate surface area is 130 Å². The normalized spacial score (nSPS) is 10.7. The zero-order valence-electron chi connectivity index (χ0n) is 13.3. The summed E-state index contributed by atoms with van der Waals surface area (Å²) in [5.41, 5.74) is 0.876. The molecule has 0 aliphatic rings. The summed E-state index contributed by atoms with van der Waals surface area (Å²) in [7, 11) is 1.59. The van der Waals surface area contributed by atoms with Gasteiger partial charge in [-0.15, -0.1) is 0 Å². The number of hydrogen-bond acceptors (Lipinski definition) is 3. The van der Waals surface area contributed by atoms with Crippen LogP contribution in [0, 0.1) is 0 Å². The molecule has 5 nitrogen and oxygen atoms in total. The molecule has 0 N–H and O–H groups in total. The average Bonchev–Trinajstić information content (AvgIpc) is 2.81. The number of rotatable bonds is 6. The molecule has 22 heavy (non-hydrogen) atoms. The first-order chi connectivity index (χ1) is 10.6. The van der Waals surface area contributed by atoms with Crippen molar-refractivity contribution in [2.45, 2.75) is 26.7 Å².